The summed E-state index contributed by atoms with van der Waals surface area (Å²) >= 11 is 1.54. The lowest BCUT2D eigenvalue weighted by Gasteiger charge is -2.23. The number of carbonyl (C=O) groups is 2. The topological polar surface area (TPSA) is 91.2 Å². The minimum Gasteiger partial charge on any atom is -0.455 e. The number of amides is 2. The number of aryl methyl sites for hydroxylation is 2. The van der Waals surface area contributed by atoms with Gasteiger partial charge in [-0.25, -0.2) is 0 Å². The maximum absolute atomic E-state index is 13.4. The lowest BCUT2D eigenvalue weighted by atomic mass is 10.1. The fraction of sp³-hybridized carbons (Fsp3) is 0.269. The molecule has 0 saturated heterocycles. The van der Waals surface area contributed by atoms with E-state index in [1.165, 1.54) is 11.8 Å². The summed E-state index contributed by atoms with van der Waals surface area (Å²) in [6.07, 6.45) is 2.67. The molecule has 2 heterocycles. The number of hydrogen-bond donors (Lipinski definition) is 2. The van der Waals surface area contributed by atoms with Gasteiger partial charge in [-0.2, -0.15) is 5.10 Å². The number of rotatable bonds is 9. The van der Waals surface area contributed by atoms with Gasteiger partial charge in [0.15, 0.2) is 5.76 Å². The van der Waals surface area contributed by atoms with Crippen molar-refractivity contribution in [2.45, 2.75) is 25.2 Å². The van der Waals surface area contributed by atoms with Gasteiger partial charge >= 0.3 is 0 Å². The second-order valence-electron chi connectivity index (χ2n) is 8.10. The van der Waals surface area contributed by atoms with E-state index in [1.807, 2.05) is 62.6 Å². The summed E-state index contributed by atoms with van der Waals surface area (Å²) in [7, 11) is 0. The molecule has 8 heteroatoms. The third-order valence-corrected chi connectivity index (χ3v) is 6.62. The van der Waals surface area contributed by atoms with Crippen molar-refractivity contribution >= 4 is 34.5 Å². The summed E-state index contributed by atoms with van der Waals surface area (Å²) in [5.74, 6) is 0.646. The molecule has 2 aromatic heterocycles. The quantitative estimate of drug-likeness (QED) is 0.344. The van der Waals surface area contributed by atoms with Crippen molar-refractivity contribution < 1.29 is 14.0 Å². The van der Waals surface area contributed by atoms with Crippen LogP contribution in [-0.4, -0.2) is 52.8 Å². The van der Waals surface area contributed by atoms with Crippen LogP contribution >= 0.6 is 11.8 Å². The molecule has 0 aliphatic rings. The molecule has 0 aliphatic carbocycles. The summed E-state index contributed by atoms with van der Waals surface area (Å²) in [5.41, 5.74) is 3.50. The van der Waals surface area contributed by atoms with Crippen LogP contribution < -0.4 is 5.32 Å². The van der Waals surface area contributed by atoms with Gasteiger partial charge in [-0.05, 0) is 50.3 Å². The SMILES string of the molecule is CSc1cc(C(=O)NCCN(CCc2ccccc2)C(=O)c2ccc3n[nH]c(C)c3c2)oc1C. The summed E-state index contributed by atoms with van der Waals surface area (Å²) in [4.78, 5) is 28.7. The van der Waals surface area contributed by atoms with Gasteiger partial charge < -0.3 is 14.6 Å². The van der Waals surface area contributed by atoms with Crippen LogP contribution in [0, 0.1) is 13.8 Å². The number of fused-ring (bicyclic) bond motifs is 1. The van der Waals surface area contributed by atoms with Gasteiger partial charge in [0.25, 0.3) is 11.8 Å². The van der Waals surface area contributed by atoms with Crippen LogP contribution in [0.1, 0.15) is 37.9 Å². The number of aromatic amines is 1. The van der Waals surface area contributed by atoms with Crippen LogP contribution in [0.25, 0.3) is 10.9 Å². The molecule has 2 aromatic carbocycles. The van der Waals surface area contributed by atoms with E-state index < -0.39 is 0 Å². The van der Waals surface area contributed by atoms with E-state index in [0.717, 1.165) is 39.2 Å². The van der Waals surface area contributed by atoms with Crippen molar-refractivity contribution in [3.8, 4) is 0 Å². The Morgan fingerprint density at radius 2 is 1.88 bits per heavy atom. The van der Waals surface area contributed by atoms with E-state index in [2.05, 4.69) is 15.5 Å². The van der Waals surface area contributed by atoms with Crippen LogP contribution in [0.5, 0.6) is 0 Å². The Morgan fingerprint density at radius 3 is 2.62 bits per heavy atom. The average Bonchev–Trinajstić information content (AvgIpc) is 3.43. The largest absolute Gasteiger partial charge is 0.455 e. The zero-order valence-corrected chi connectivity index (χ0v) is 20.4. The number of benzene rings is 2. The van der Waals surface area contributed by atoms with E-state index in [4.69, 9.17) is 4.42 Å². The highest BCUT2D eigenvalue weighted by Crippen LogP contribution is 2.23. The molecule has 0 unspecified atom stereocenters. The lowest BCUT2D eigenvalue weighted by molar-refractivity contribution is 0.0749. The number of nitrogens with zero attached hydrogens (tertiary/aromatic N) is 2. The number of aromatic nitrogens is 2. The van der Waals surface area contributed by atoms with Crippen LogP contribution in [0.4, 0.5) is 0 Å². The first-order valence-corrected chi connectivity index (χ1v) is 12.4. The fourth-order valence-corrected chi connectivity index (χ4v) is 4.40. The smallest absolute Gasteiger partial charge is 0.287 e. The molecule has 0 atom stereocenters. The van der Waals surface area contributed by atoms with Gasteiger partial charge in [0.1, 0.15) is 5.76 Å². The van der Waals surface area contributed by atoms with Crippen LogP contribution in [0.15, 0.2) is 63.9 Å². The highest BCUT2D eigenvalue weighted by Gasteiger charge is 2.19. The first kappa shape index (κ1) is 23.6. The zero-order chi connectivity index (χ0) is 24.1. The molecule has 0 fully saturated rings. The molecule has 2 N–H and O–H groups in total. The Hall–Kier alpha value is -3.52. The van der Waals surface area contributed by atoms with E-state index in [0.29, 0.717) is 25.2 Å². The van der Waals surface area contributed by atoms with E-state index in [1.54, 1.807) is 17.0 Å². The summed E-state index contributed by atoms with van der Waals surface area (Å²) < 4.78 is 5.57. The second-order valence-corrected chi connectivity index (χ2v) is 8.95. The zero-order valence-electron chi connectivity index (χ0n) is 19.6. The van der Waals surface area contributed by atoms with Gasteiger partial charge in [-0.1, -0.05) is 30.3 Å². The minimum atomic E-state index is -0.283. The van der Waals surface area contributed by atoms with Crippen molar-refractivity contribution in [3.63, 3.8) is 0 Å². The third-order valence-electron chi connectivity index (χ3n) is 5.78. The molecule has 176 valence electrons. The van der Waals surface area contributed by atoms with Crippen LogP contribution in [0.2, 0.25) is 0 Å². The van der Waals surface area contributed by atoms with E-state index in [9.17, 15) is 9.59 Å². The normalized spacial score (nSPS) is 11.0. The Morgan fingerprint density at radius 1 is 1.09 bits per heavy atom. The maximum Gasteiger partial charge on any atom is 0.287 e. The first-order valence-electron chi connectivity index (χ1n) is 11.2. The third kappa shape index (κ3) is 5.34. The number of nitrogens with one attached hydrogen (secondary N) is 2. The summed E-state index contributed by atoms with van der Waals surface area (Å²) in [6.45, 7) is 5.02. The molecule has 0 spiro atoms. The Bertz CT molecular complexity index is 1300. The summed E-state index contributed by atoms with van der Waals surface area (Å²) in [5, 5.41) is 11.0. The number of hydrogen-bond acceptors (Lipinski definition) is 5. The van der Waals surface area contributed by atoms with E-state index >= 15 is 0 Å². The molecule has 7 nitrogen and oxygen atoms in total. The molecule has 2 amide bonds. The highest BCUT2D eigenvalue weighted by atomic mass is 32.2. The molecule has 4 rings (SSSR count). The molecule has 0 bridgehead atoms. The monoisotopic (exact) mass is 476 g/mol. The predicted octanol–water partition coefficient (Wildman–Crippen LogP) is 4.61. The number of carbonyl (C=O) groups excluding carboxylic acids is 2. The van der Waals surface area contributed by atoms with Gasteiger partial charge in [0.05, 0.1) is 5.52 Å². The van der Waals surface area contributed by atoms with Gasteiger partial charge in [0, 0.05) is 47.2 Å². The van der Waals surface area contributed by atoms with Crippen molar-refractivity contribution in [1.82, 2.24) is 20.4 Å². The van der Waals surface area contributed by atoms with E-state index in [-0.39, 0.29) is 17.6 Å². The number of thioether (sulfide) groups is 1. The molecular weight excluding hydrogens is 448 g/mol. The lowest BCUT2D eigenvalue weighted by Crippen LogP contribution is -2.39. The molecule has 0 radical (unpaired) electrons. The predicted molar refractivity (Wildman–Crippen MR) is 134 cm³/mol. The number of furan rings is 1. The Labute approximate surface area is 202 Å². The van der Waals surface area contributed by atoms with Crippen molar-refractivity contribution in [3.05, 3.63) is 82.9 Å². The summed E-state index contributed by atoms with van der Waals surface area (Å²) in [6, 6.07) is 17.3. The van der Waals surface area contributed by atoms with Crippen molar-refractivity contribution in [2.75, 3.05) is 25.9 Å². The molecular formula is C26H28N4O3S. The standard InChI is InChI=1S/C26H28N4O3S/c1-17-21-15-20(9-10-22(21)29-28-17)26(32)30(13-11-19-7-5-4-6-8-19)14-12-27-25(31)23-16-24(34-3)18(2)33-23/h4-10,15-16H,11-14H2,1-3H3,(H,27,31)(H,28,29). The second kappa shape index (κ2) is 10.6. The Kier molecular flexibility index (Phi) is 7.37. The van der Waals surface area contributed by atoms with Crippen LogP contribution in [-0.2, 0) is 6.42 Å². The van der Waals surface area contributed by atoms with Gasteiger partial charge in [0.2, 0.25) is 0 Å². The molecule has 0 aliphatic heterocycles. The molecule has 4 aromatic rings. The average molecular weight is 477 g/mol. The van der Waals surface area contributed by atoms with Crippen LogP contribution in [0.3, 0.4) is 0 Å². The van der Waals surface area contributed by atoms with Crippen molar-refractivity contribution in [2.24, 2.45) is 0 Å². The van der Waals surface area contributed by atoms with Crippen molar-refractivity contribution in [1.29, 1.82) is 0 Å². The number of H-pyrrole nitrogens is 1. The minimum absolute atomic E-state index is 0.0776. The Balaban J connectivity index is 1.46. The van der Waals surface area contributed by atoms with Gasteiger partial charge in [-0.15, -0.1) is 11.8 Å². The fourth-order valence-electron chi connectivity index (χ4n) is 3.85. The van der Waals surface area contributed by atoms with Gasteiger partial charge in [-0.3, -0.25) is 14.7 Å². The maximum atomic E-state index is 13.4. The molecule has 0 saturated carbocycles. The molecule has 34 heavy (non-hydrogen) atoms. The highest BCUT2D eigenvalue weighted by molar-refractivity contribution is 7.98. The first-order chi connectivity index (χ1) is 16.5.